The summed E-state index contributed by atoms with van der Waals surface area (Å²) >= 11 is 2.99. The Hall–Kier alpha value is -1.55. The Morgan fingerprint density at radius 2 is 1.72 bits per heavy atom. The third-order valence-corrected chi connectivity index (χ3v) is 9.26. The normalized spacial score (nSPS) is 18.8. The van der Waals surface area contributed by atoms with Crippen LogP contribution in [0.3, 0.4) is 0 Å². The minimum atomic E-state index is -3.62. The molecule has 6 nitrogen and oxygen atoms in total. The number of sulfonamides is 1. The summed E-state index contributed by atoms with van der Waals surface area (Å²) in [6, 6.07) is 9.94. The van der Waals surface area contributed by atoms with Crippen LogP contribution in [-0.2, 0) is 10.0 Å². The number of nitrogens with zero attached hydrogens (tertiary/aromatic N) is 3. The second kappa shape index (κ2) is 8.67. The molecule has 1 amide bonds. The van der Waals surface area contributed by atoms with Crippen molar-refractivity contribution in [2.75, 3.05) is 55.7 Å². The first kappa shape index (κ1) is 20.7. The maximum Gasteiger partial charge on any atom is 0.265 e. The minimum Gasteiger partial charge on any atom is -0.368 e. The van der Waals surface area contributed by atoms with Gasteiger partial charge in [-0.15, -0.1) is 11.3 Å². The fourth-order valence-electron chi connectivity index (χ4n) is 3.72. The topological polar surface area (TPSA) is 60.9 Å². The number of thiophene rings is 1. The van der Waals surface area contributed by atoms with Crippen molar-refractivity contribution in [2.24, 2.45) is 0 Å². The van der Waals surface area contributed by atoms with E-state index >= 15 is 0 Å². The van der Waals surface area contributed by atoms with Crippen LogP contribution in [0.25, 0.3) is 0 Å². The second-order valence-corrected chi connectivity index (χ2v) is 11.3. The van der Waals surface area contributed by atoms with Gasteiger partial charge in [0.05, 0.1) is 0 Å². The highest BCUT2D eigenvalue weighted by molar-refractivity contribution is 7.99. The predicted molar refractivity (Wildman–Crippen MR) is 120 cm³/mol. The van der Waals surface area contributed by atoms with Crippen molar-refractivity contribution in [3.63, 3.8) is 0 Å². The van der Waals surface area contributed by atoms with E-state index < -0.39 is 10.0 Å². The molecular formula is C20H25N3O3S3. The van der Waals surface area contributed by atoms with Gasteiger partial charge < -0.3 is 9.80 Å². The lowest BCUT2D eigenvalue weighted by atomic mass is 10.2. The first-order valence-corrected chi connectivity index (χ1v) is 13.2. The number of rotatable bonds is 4. The molecular weight excluding hydrogens is 426 g/mol. The quantitative estimate of drug-likeness (QED) is 0.715. The molecule has 2 aliphatic heterocycles. The molecule has 4 rings (SSSR count). The van der Waals surface area contributed by atoms with Crippen molar-refractivity contribution in [3.8, 4) is 0 Å². The minimum absolute atomic E-state index is 0.167. The van der Waals surface area contributed by atoms with Gasteiger partial charge >= 0.3 is 0 Å². The van der Waals surface area contributed by atoms with Crippen LogP contribution < -0.4 is 4.90 Å². The Kier molecular flexibility index (Phi) is 6.19. The molecule has 2 aromatic rings. The first-order valence-electron chi connectivity index (χ1n) is 9.73. The Labute approximate surface area is 180 Å². The molecule has 29 heavy (non-hydrogen) atoms. The summed E-state index contributed by atoms with van der Waals surface area (Å²) in [6.07, 6.45) is 0. The van der Waals surface area contributed by atoms with Gasteiger partial charge in [-0.3, -0.25) is 4.79 Å². The molecule has 2 fully saturated rings. The van der Waals surface area contributed by atoms with E-state index in [1.54, 1.807) is 28.1 Å². The largest absolute Gasteiger partial charge is 0.368 e. The average Bonchev–Trinajstić information content (AvgIpc) is 3.25. The molecule has 1 aromatic heterocycles. The summed E-state index contributed by atoms with van der Waals surface area (Å²) in [5, 5.41) is 1.71. The van der Waals surface area contributed by atoms with E-state index in [-0.39, 0.29) is 10.8 Å². The Balaban J connectivity index is 1.47. The van der Waals surface area contributed by atoms with Gasteiger partial charge in [0, 0.05) is 56.5 Å². The molecule has 0 spiro atoms. The molecule has 156 valence electrons. The molecule has 2 aliphatic rings. The van der Waals surface area contributed by atoms with Crippen LogP contribution in [0.4, 0.5) is 5.69 Å². The second-order valence-electron chi connectivity index (χ2n) is 7.25. The van der Waals surface area contributed by atoms with Gasteiger partial charge in [0.15, 0.2) is 0 Å². The van der Waals surface area contributed by atoms with E-state index in [9.17, 15) is 13.2 Å². The van der Waals surface area contributed by atoms with E-state index in [0.717, 1.165) is 24.6 Å². The third-order valence-electron chi connectivity index (χ3n) is 5.34. The fraction of sp³-hybridized carbons (Fsp3) is 0.450. The summed E-state index contributed by atoms with van der Waals surface area (Å²) in [6.45, 7) is 5.74. The van der Waals surface area contributed by atoms with Crippen molar-refractivity contribution in [1.82, 2.24) is 9.21 Å². The van der Waals surface area contributed by atoms with Crippen molar-refractivity contribution in [2.45, 2.75) is 11.8 Å². The van der Waals surface area contributed by atoms with E-state index in [0.29, 0.717) is 31.1 Å². The Morgan fingerprint density at radius 1 is 1.00 bits per heavy atom. The van der Waals surface area contributed by atoms with E-state index in [1.807, 2.05) is 6.07 Å². The molecule has 2 saturated heterocycles. The van der Waals surface area contributed by atoms with E-state index in [2.05, 4.69) is 30.0 Å². The monoisotopic (exact) mass is 451 g/mol. The Bertz CT molecular complexity index is 976. The summed E-state index contributed by atoms with van der Waals surface area (Å²) < 4.78 is 27.7. The van der Waals surface area contributed by atoms with Crippen LogP contribution in [0.15, 0.2) is 40.6 Å². The highest BCUT2D eigenvalue weighted by Crippen LogP contribution is 2.29. The lowest BCUT2D eigenvalue weighted by Crippen LogP contribution is -2.49. The average molecular weight is 452 g/mol. The van der Waals surface area contributed by atoms with Crippen LogP contribution in [0.2, 0.25) is 0 Å². The highest BCUT2D eigenvalue weighted by atomic mass is 32.2. The van der Waals surface area contributed by atoms with E-state index in [1.165, 1.54) is 26.9 Å². The van der Waals surface area contributed by atoms with Crippen LogP contribution in [0.1, 0.15) is 15.2 Å². The smallest absolute Gasteiger partial charge is 0.265 e. The van der Waals surface area contributed by atoms with Gasteiger partial charge in [-0.25, -0.2) is 8.42 Å². The number of anilines is 1. The maximum absolute atomic E-state index is 13.1. The van der Waals surface area contributed by atoms with Gasteiger partial charge in [-0.05, 0) is 36.1 Å². The fourth-order valence-corrected chi connectivity index (χ4v) is 7.66. The number of aryl methyl sites for hydroxylation is 1. The SMILES string of the molecule is Cc1cccc(N2CCN(C(=O)c3sccc3S(=O)(=O)N3CCSCC3)CC2)c1. The lowest BCUT2D eigenvalue weighted by molar-refractivity contribution is 0.0748. The lowest BCUT2D eigenvalue weighted by Gasteiger charge is -2.36. The number of hydrogen-bond acceptors (Lipinski definition) is 6. The summed E-state index contributed by atoms with van der Waals surface area (Å²) in [7, 11) is -3.62. The molecule has 9 heteroatoms. The number of carbonyl (C=O) groups excluding carboxylic acids is 1. The van der Waals surface area contributed by atoms with Crippen LogP contribution in [-0.4, -0.2) is 74.3 Å². The molecule has 0 N–H and O–H groups in total. The molecule has 1 aromatic carbocycles. The number of thioether (sulfide) groups is 1. The van der Waals surface area contributed by atoms with Gasteiger partial charge in [-0.1, -0.05) is 12.1 Å². The zero-order chi connectivity index (χ0) is 20.4. The molecule has 3 heterocycles. The molecule has 0 bridgehead atoms. The number of hydrogen-bond donors (Lipinski definition) is 0. The molecule has 0 unspecified atom stereocenters. The first-order chi connectivity index (χ1) is 14.0. The third kappa shape index (κ3) is 4.33. The summed E-state index contributed by atoms with van der Waals surface area (Å²) in [5.41, 5.74) is 2.38. The zero-order valence-corrected chi connectivity index (χ0v) is 18.9. The van der Waals surface area contributed by atoms with Crippen molar-refractivity contribution >= 4 is 44.7 Å². The van der Waals surface area contributed by atoms with Gasteiger partial charge in [0.25, 0.3) is 5.91 Å². The molecule has 0 atom stereocenters. The maximum atomic E-state index is 13.1. The zero-order valence-electron chi connectivity index (χ0n) is 16.4. The predicted octanol–water partition coefficient (Wildman–Crippen LogP) is 2.76. The summed E-state index contributed by atoms with van der Waals surface area (Å²) in [4.78, 5) is 17.7. The number of piperazine rings is 1. The molecule has 0 aliphatic carbocycles. The van der Waals surface area contributed by atoms with Crippen molar-refractivity contribution in [1.29, 1.82) is 0 Å². The van der Waals surface area contributed by atoms with Crippen molar-refractivity contribution < 1.29 is 13.2 Å². The van der Waals surface area contributed by atoms with Crippen LogP contribution >= 0.6 is 23.1 Å². The molecule has 0 radical (unpaired) electrons. The highest BCUT2D eigenvalue weighted by Gasteiger charge is 2.33. The number of amides is 1. The number of benzene rings is 1. The van der Waals surface area contributed by atoms with Gasteiger partial charge in [0.2, 0.25) is 10.0 Å². The molecule has 0 saturated carbocycles. The summed E-state index contributed by atoms with van der Waals surface area (Å²) in [5.74, 6) is 1.43. The van der Waals surface area contributed by atoms with Crippen LogP contribution in [0, 0.1) is 6.92 Å². The van der Waals surface area contributed by atoms with Crippen molar-refractivity contribution in [3.05, 3.63) is 46.2 Å². The standard InChI is InChI=1S/C20H25N3O3S3/c1-16-3-2-4-17(15-16)21-6-8-22(9-7-21)20(24)19-18(5-12-28-19)29(25,26)23-10-13-27-14-11-23/h2-5,12,15H,6-11,13-14H2,1H3. The van der Waals surface area contributed by atoms with Gasteiger partial charge in [-0.2, -0.15) is 16.1 Å². The van der Waals surface area contributed by atoms with Crippen LogP contribution in [0.5, 0.6) is 0 Å². The van der Waals surface area contributed by atoms with Gasteiger partial charge in [0.1, 0.15) is 9.77 Å². The van der Waals surface area contributed by atoms with E-state index in [4.69, 9.17) is 0 Å². The number of carbonyl (C=O) groups is 1. The Morgan fingerprint density at radius 3 is 2.41 bits per heavy atom.